The van der Waals surface area contributed by atoms with Crippen LogP contribution in [0.1, 0.15) is 5.56 Å². The van der Waals surface area contributed by atoms with Crippen molar-refractivity contribution >= 4 is 22.4 Å². The molecule has 9 nitrogen and oxygen atoms in total. The Labute approximate surface area is 142 Å². The Morgan fingerprint density at radius 2 is 1.79 bits per heavy atom. The second-order valence-electron chi connectivity index (χ2n) is 5.78. The number of nitriles is 1. The topological polar surface area (TPSA) is 118 Å². The molecule has 0 atom stereocenters. The van der Waals surface area contributed by atoms with Crippen LogP contribution < -0.4 is 19.9 Å². The number of ether oxygens (including phenoxy) is 1. The molecule has 0 aromatic carbocycles. The van der Waals surface area contributed by atoms with Crippen molar-refractivity contribution in [3.05, 3.63) is 5.56 Å². The zero-order chi connectivity index (χ0) is 17.2. The van der Waals surface area contributed by atoms with Crippen LogP contribution in [0.5, 0.6) is 5.88 Å². The lowest BCUT2D eigenvalue weighted by molar-refractivity contribution is 0.395. The summed E-state index contributed by atoms with van der Waals surface area (Å²) < 4.78 is 24.8. The van der Waals surface area contributed by atoms with E-state index in [0.717, 1.165) is 26.2 Å². The van der Waals surface area contributed by atoms with Crippen LogP contribution in [0.4, 0.5) is 11.8 Å². The number of nitrogens with one attached hydrogen (secondary N) is 1. The molecular weight excluding hydrogens is 332 g/mol. The summed E-state index contributed by atoms with van der Waals surface area (Å²) in [5.41, 5.74) is 0.337. The highest BCUT2D eigenvalue weighted by Gasteiger charge is 2.27. The number of anilines is 2. The van der Waals surface area contributed by atoms with E-state index in [1.54, 1.807) is 0 Å². The zero-order valence-electron chi connectivity index (χ0n) is 13.6. The molecule has 3 rings (SSSR count). The molecule has 24 heavy (non-hydrogen) atoms. The van der Waals surface area contributed by atoms with Crippen LogP contribution in [0.3, 0.4) is 0 Å². The largest absolute Gasteiger partial charge is 0.480 e. The molecule has 3 N–H and O–H groups in total. The molecule has 2 saturated heterocycles. The summed E-state index contributed by atoms with van der Waals surface area (Å²) in [5.74, 6) is 1.92. The molecule has 0 spiro atoms. The fourth-order valence-corrected chi connectivity index (χ4v) is 4.07. The number of hydrogen-bond acceptors (Lipinski definition) is 9. The number of hydrogen-bond donors (Lipinski definition) is 3. The van der Waals surface area contributed by atoms with Gasteiger partial charge >= 0.3 is 0 Å². The fraction of sp³-hybridized carbons (Fsp3) is 0.643. The Kier molecular flexibility index (Phi) is 4.96. The van der Waals surface area contributed by atoms with Crippen molar-refractivity contribution in [1.29, 1.82) is 5.26 Å². The normalized spacial score (nSPS) is 21.9. The van der Waals surface area contributed by atoms with Gasteiger partial charge < -0.3 is 19.9 Å². The molecule has 10 heteroatoms. The molecule has 0 radical (unpaired) electrons. The van der Waals surface area contributed by atoms with Gasteiger partial charge in [-0.2, -0.15) is 25.8 Å². The van der Waals surface area contributed by atoms with Crippen molar-refractivity contribution in [2.45, 2.75) is 0 Å². The lowest BCUT2D eigenvalue weighted by Gasteiger charge is -2.41. The van der Waals surface area contributed by atoms with Crippen molar-refractivity contribution in [1.82, 2.24) is 15.3 Å². The van der Waals surface area contributed by atoms with Crippen LogP contribution in [-0.4, -0.2) is 77.0 Å². The van der Waals surface area contributed by atoms with Gasteiger partial charge in [-0.1, -0.05) is 0 Å². The first-order valence-electron chi connectivity index (χ1n) is 7.84. The second kappa shape index (κ2) is 6.98. The molecule has 132 valence electrons. The molecule has 2 fully saturated rings. The van der Waals surface area contributed by atoms with E-state index in [2.05, 4.69) is 26.3 Å². The molecule has 0 saturated carbocycles. The van der Waals surface area contributed by atoms with E-state index in [1.165, 1.54) is 7.11 Å². The quantitative estimate of drug-likeness (QED) is 0.706. The van der Waals surface area contributed by atoms with Crippen LogP contribution in [0.2, 0.25) is 0 Å². The highest BCUT2D eigenvalue weighted by Crippen LogP contribution is 2.41. The molecular formula is C14H22N6O3S. The molecule has 2 aliphatic rings. The first-order chi connectivity index (χ1) is 11.5. The molecule has 1 aromatic heterocycles. The number of piperazine rings is 1. The summed E-state index contributed by atoms with van der Waals surface area (Å²) in [6, 6.07) is 2.15. The van der Waals surface area contributed by atoms with Crippen LogP contribution >= 0.6 is 10.6 Å². The minimum atomic E-state index is -2.48. The molecule has 1 aromatic rings. The summed E-state index contributed by atoms with van der Waals surface area (Å²) in [5, 5.41) is 12.8. The summed E-state index contributed by atoms with van der Waals surface area (Å²) in [7, 11) is -0.995. The van der Waals surface area contributed by atoms with Gasteiger partial charge in [0.15, 0.2) is 11.4 Å². The van der Waals surface area contributed by atoms with Crippen molar-refractivity contribution in [3.63, 3.8) is 0 Å². The van der Waals surface area contributed by atoms with Crippen molar-refractivity contribution < 1.29 is 13.8 Å². The van der Waals surface area contributed by atoms with E-state index in [9.17, 15) is 14.4 Å². The third kappa shape index (κ3) is 3.49. The maximum atomic E-state index is 9.77. The van der Waals surface area contributed by atoms with Gasteiger partial charge in [0.25, 0.3) is 0 Å². The third-order valence-electron chi connectivity index (χ3n) is 4.23. The standard InChI is InChI=1S/C14H22N6O3S/c1-23-13-11(10-15)12(19-4-2-16-3-5-19)17-14(18-13)20-6-8-24(21,22)9-7-20/h16,21-22H,2-9H2,1H3. The van der Waals surface area contributed by atoms with Gasteiger partial charge in [0.05, 0.1) is 18.6 Å². The molecule has 0 aliphatic carbocycles. The van der Waals surface area contributed by atoms with Crippen LogP contribution in [0.25, 0.3) is 0 Å². The van der Waals surface area contributed by atoms with E-state index in [1.807, 2.05) is 4.90 Å². The van der Waals surface area contributed by atoms with Crippen molar-refractivity contribution in [3.8, 4) is 11.9 Å². The minimum absolute atomic E-state index is 0.258. The molecule has 0 bridgehead atoms. The number of rotatable bonds is 3. The summed E-state index contributed by atoms with van der Waals surface area (Å²) in [6.07, 6.45) is 0. The number of nitrogens with zero attached hydrogens (tertiary/aromatic N) is 5. The SMILES string of the molecule is COc1nc(N2CCS(O)(O)CC2)nc(N2CCNCC2)c1C#N. The molecule has 2 aliphatic heterocycles. The van der Waals surface area contributed by atoms with Gasteiger partial charge in [-0.15, -0.1) is 0 Å². The number of methoxy groups -OCH3 is 1. The van der Waals surface area contributed by atoms with Gasteiger partial charge in [-0.25, -0.2) is 0 Å². The first-order valence-corrected chi connectivity index (χ1v) is 9.73. The highest BCUT2D eigenvalue weighted by atomic mass is 32.3. The lowest BCUT2D eigenvalue weighted by Crippen LogP contribution is -2.45. The van der Waals surface area contributed by atoms with Crippen LogP contribution in [0, 0.1) is 11.3 Å². The number of aromatic nitrogens is 2. The predicted octanol–water partition coefficient (Wildman–Crippen LogP) is 0.337. The fourth-order valence-electron chi connectivity index (χ4n) is 2.84. The van der Waals surface area contributed by atoms with E-state index in [0.29, 0.717) is 41.9 Å². The summed E-state index contributed by atoms with van der Waals surface area (Å²) in [4.78, 5) is 12.9. The van der Waals surface area contributed by atoms with Gasteiger partial charge in [0.2, 0.25) is 11.8 Å². The van der Waals surface area contributed by atoms with E-state index >= 15 is 0 Å². The smallest absolute Gasteiger partial charge is 0.238 e. The zero-order valence-corrected chi connectivity index (χ0v) is 14.4. The summed E-state index contributed by atoms with van der Waals surface area (Å²) >= 11 is 0. The predicted molar refractivity (Wildman–Crippen MR) is 93.2 cm³/mol. The Morgan fingerprint density at radius 1 is 1.12 bits per heavy atom. The van der Waals surface area contributed by atoms with Crippen molar-refractivity contribution in [2.75, 3.05) is 67.7 Å². The van der Waals surface area contributed by atoms with Crippen molar-refractivity contribution in [2.24, 2.45) is 0 Å². The van der Waals surface area contributed by atoms with E-state index in [-0.39, 0.29) is 5.88 Å². The molecule has 0 unspecified atom stereocenters. The average molecular weight is 354 g/mol. The highest BCUT2D eigenvalue weighted by molar-refractivity contribution is 8.24. The Balaban J connectivity index is 1.94. The maximum absolute atomic E-state index is 9.77. The van der Waals surface area contributed by atoms with Gasteiger partial charge in [0.1, 0.15) is 6.07 Å². The second-order valence-corrected chi connectivity index (χ2v) is 8.20. The molecule has 0 amide bonds. The van der Waals surface area contributed by atoms with Gasteiger partial charge in [-0.3, -0.25) is 9.11 Å². The van der Waals surface area contributed by atoms with E-state index < -0.39 is 10.6 Å². The lowest BCUT2D eigenvalue weighted by atomic mass is 10.2. The van der Waals surface area contributed by atoms with Crippen LogP contribution in [0.15, 0.2) is 0 Å². The van der Waals surface area contributed by atoms with Crippen LogP contribution in [-0.2, 0) is 0 Å². The Morgan fingerprint density at radius 3 is 2.38 bits per heavy atom. The minimum Gasteiger partial charge on any atom is -0.480 e. The van der Waals surface area contributed by atoms with Gasteiger partial charge in [0, 0.05) is 39.3 Å². The van der Waals surface area contributed by atoms with Gasteiger partial charge in [-0.05, 0) is 0 Å². The molecule has 3 heterocycles. The Hall–Kier alpha value is -1.80. The average Bonchev–Trinajstić information content (AvgIpc) is 2.61. The first kappa shape index (κ1) is 17.0. The maximum Gasteiger partial charge on any atom is 0.238 e. The monoisotopic (exact) mass is 354 g/mol. The van der Waals surface area contributed by atoms with E-state index in [4.69, 9.17) is 4.74 Å². The summed E-state index contributed by atoms with van der Waals surface area (Å²) in [6.45, 7) is 4.12. The Bertz CT molecular complexity index is 634. The third-order valence-corrected chi connectivity index (χ3v) is 5.90.